The summed E-state index contributed by atoms with van der Waals surface area (Å²) in [5, 5.41) is 10.6. The Bertz CT molecular complexity index is 877. The van der Waals surface area contributed by atoms with Crippen molar-refractivity contribution < 1.29 is 14.7 Å². The highest BCUT2D eigenvalue weighted by molar-refractivity contribution is 6.31. The number of hydrogen-bond acceptors (Lipinski definition) is 3. The molecule has 4 rings (SSSR count). The normalized spacial score (nSPS) is 21.8. The van der Waals surface area contributed by atoms with Gasteiger partial charge in [0.1, 0.15) is 5.75 Å². The van der Waals surface area contributed by atoms with Gasteiger partial charge in [0.2, 0.25) is 5.91 Å². The predicted molar refractivity (Wildman–Crippen MR) is 103 cm³/mol. The fraction of sp³-hybridized carbons (Fsp3) is 0.333. The lowest BCUT2D eigenvalue weighted by molar-refractivity contribution is -0.134. The molecule has 0 radical (unpaired) electrons. The zero-order chi connectivity index (χ0) is 19.0. The van der Waals surface area contributed by atoms with Gasteiger partial charge in [0.05, 0.1) is 5.56 Å². The number of phenols is 1. The van der Waals surface area contributed by atoms with E-state index in [0.717, 1.165) is 17.0 Å². The highest BCUT2D eigenvalue weighted by Crippen LogP contribution is 2.50. The van der Waals surface area contributed by atoms with Gasteiger partial charge in [-0.05, 0) is 36.1 Å². The highest BCUT2D eigenvalue weighted by Gasteiger charge is 2.46. The second-order valence-corrected chi connectivity index (χ2v) is 7.51. The number of rotatable bonds is 3. The molecule has 1 saturated carbocycles. The van der Waals surface area contributed by atoms with E-state index in [1.807, 2.05) is 29.2 Å². The van der Waals surface area contributed by atoms with Crippen molar-refractivity contribution in [2.24, 2.45) is 5.92 Å². The number of piperazine rings is 1. The van der Waals surface area contributed by atoms with E-state index < -0.39 is 0 Å². The first-order valence-corrected chi connectivity index (χ1v) is 9.54. The van der Waals surface area contributed by atoms with Crippen LogP contribution in [0.5, 0.6) is 5.75 Å². The second kappa shape index (κ2) is 7.24. The van der Waals surface area contributed by atoms with E-state index in [2.05, 4.69) is 0 Å². The number of para-hydroxylation sites is 1. The van der Waals surface area contributed by atoms with Crippen LogP contribution in [0, 0.1) is 5.92 Å². The summed E-state index contributed by atoms with van der Waals surface area (Å²) in [5.41, 5.74) is 1.35. The molecule has 6 heteroatoms. The van der Waals surface area contributed by atoms with Crippen LogP contribution in [0.2, 0.25) is 5.02 Å². The van der Waals surface area contributed by atoms with E-state index >= 15 is 0 Å². The summed E-state index contributed by atoms with van der Waals surface area (Å²) in [5.74, 6) is 0.133. The van der Waals surface area contributed by atoms with Crippen LogP contribution >= 0.6 is 11.6 Å². The number of benzene rings is 2. The zero-order valence-corrected chi connectivity index (χ0v) is 15.6. The molecule has 27 heavy (non-hydrogen) atoms. The average molecular weight is 385 g/mol. The molecule has 1 aliphatic carbocycles. The lowest BCUT2D eigenvalue weighted by Crippen LogP contribution is -2.51. The first kappa shape index (κ1) is 17.9. The van der Waals surface area contributed by atoms with Gasteiger partial charge in [-0.1, -0.05) is 41.9 Å². The van der Waals surface area contributed by atoms with E-state index in [4.69, 9.17) is 11.6 Å². The quantitative estimate of drug-likeness (QED) is 0.884. The topological polar surface area (TPSA) is 60.9 Å². The number of carbonyl (C=O) groups excluding carboxylic acids is 2. The van der Waals surface area contributed by atoms with Crippen molar-refractivity contribution in [3.05, 3.63) is 64.7 Å². The fourth-order valence-corrected chi connectivity index (χ4v) is 4.05. The molecule has 1 aliphatic heterocycles. The van der Waals surface area contributed by atoms with E-state index in [1.165, 1.54) is 6.07 Å². The van der Waals surface area contributed by atoms with Gasteiger partial charge in [0.15, 0.2) is 0 Å². The molecule has 2 amide bonds. The summed E-state index contributed by atoms with van der Waals surface area (Å²) in [6.07, 6.45) is 0.833. The standard InChI is InChI=1S/C21H21ClN2O3/c22-18-7-3-1-5-14(18)16-13-17(16)21(27)24-11-9-23(10-12-24)20(26)15-6-2-4-8-19(15)25/h1-8,16-17,25H,9-13H2. The Morgan fingerprint density at radius 3 is 2.26 bits per heavy atom. The maximum absolute atomic E-state index is 12.8. The van der Waals surface area contributed by atoms with E-state index in [0.29, 0.717) is 31.7 Å². The smallest absolute Gasteiger partial charge is 0.257 e. The number of halogens is 1. The van der Waals surface area contributed by atoms with Crippen molar-refractivity contribution in [1.82, 2.24) is 9.80 Å². The lowest BCUT2D eigenvalue weighted by Gasteiger charge is -2.35. The van der Waals surface area contributed by atoms with Crippen LogP contribution in [0.25, 0.3) is 0 Å². The molecule has 2 fully saturated rings. The van der Waals surface area contributed by atoms with Crippen LogP contribution in [0.1, 0.15) is 28.3 Å². The van der Waals surface area contributed by atoms with E-state index in [9.17, 15) is 14.7 Å². The minimum absolute atomic E-state index is 0.00896. The van der Waals surface area contributed by atoms with Crippen LogP contribution in [0.4, 0.5) is 0 Å². The third-order valence-electron chi connectivity index (χ3n) is 5.43. The van der Waals surface area contributed by atoms with Crippen molar-refractivity contribution in [2.45, 2.75) is 12.3 Å². The maximum Gasteiger partial charge on any atom is 0.257 e. The number of aromatic hydroxyl groups is 1. The molecule has 0 spiro atoms. The van der Waals surface area contributed by atoms with Gasteiger partial charge in [-0.3, -0.25) is 9.59 Å². The molecule has 2 aromatic rings. The highest BCUT2D eigenvalue weighted by atomic mass is 35.5. The van der Waals surface area contributed by atoms with Gasteiger partial charge >= 0.3 is 0 Å². The van der Waals surface area contributed by atoms with Crippen molar-refractivity contribution in [2.75, 3.05) is 26.2 Å². The molecule has 1 heterocycles. The number of hydrogen-bond donors (Lipinski definition) is 1. The summed E-state index contributed by atoms with van der Waals surface area (Å²) in [7, 11) is 0. The molecule has 2 unspecified atom stereocenters. The van der Waals surface area contributed by atoms with Gasteiger partial charge in [-0.15, -0.1) is 0 Å². The summed E-state index contributed by atoms with van der Waals surface area (Å²) < 4.78 is 0. The molecule has 5 nitrogen and oxygen atoms in total. The predicted octanol–water partition coefficient (Wildman–Crippen LogP) is 3.13. The van der Waals surface area contributed by atoms with E-state index in [1.54, 1.807) is 23.1 Å². The number of nitrogens with zero attached hydrogens (tertiary/aromatic N) is 2. The second-order valence-electron chi connectivity index (χ2n) is 7.10. The SMILES string of the molecule is O=C(c1ccccc1O)N1CCN(C(=O)C2CC2c2ccccc2Cl)CC1. The molecule has 1 saturated heterocycles. The fourth-order valence-electron chi connectivity index (χ4n) is 3.78. The average Bonchev–Trinajstić information content (AvgIpc) is 3.48. The molecule has 0 aromatic heterocycles. The summed E-state index contributed by atoms with van der Waals surface area (Å²) in [4.78, 5) is 28.9. The van der Waals surface area contributed by atoms with Crippen molar-refractivity contribution in [3.8, 4) is 5.75 Å². The Balaban J connectivity index is 1.35. The lowest BCUT2D eigenvalue weighted by atomic mass is 10.1. The van der Waals surface area contributed by atoms with Gasteiger partial charge < -0.3 is 14.9 Å². The van der Waals surface area contributed by atoms with E-state index in [-0.39, 0.29) is 29.4 Å². The zero-order valence-electron chi connectivity index (χ0n) is 14.8. The Hall–Kier alpha value is -2.53. The Morgan fingerprint density at radius 1 is 0.926 bits per heavy atom. The number of phenolic OH excluding ortho intramolecular Hbond substituents is 1. The molecule has 0 bridgehead atoms. The largest absolute Gasteiger partial charge is 0.507 e. The minimum atomic E-state index is -0.194. The molecule has 2 aliphatic rings. The van der Waals surface area contributed by atoms with Crippen LogP contribution in [-0.2, 0) is 4.79 Å². The van der Waals surface area contributed by atoms with Gasteiger partial charge in [-0.25, -0.2) is 0 Å². The van der Waals surface area contributed by atoms with Gasteiger partial charge in [0.25, 0.3) is 5.91 Å². The van der Waals surface area contributed by atoms with Crippen molar-refractivity contribution in [3.63, 3.8) is 0 Å². The van der Waals surface area contributed by atoms with Crippen molar-refractivity contribution in [1.29, 1.82) is 0 Å². The third kappa shape index (κ3) is 3.52. The molecular weight excluding hydrogens is 364 g/mol. The Morgan fingerprint density at radius 2 is 1.56 bits per heavy atom. The molecule has 1 N–H and O–H groups in total. The van der Waals surface area contributed by atoms with Crippen molar-refractivity contribution >= 4 is 23.4 Å². The first-order valence-electron chi connectivity index (χ1n) is 9.16. The summed E-state index contributed by atoms with van der Waals surface area (Å²) >= 11 is 6.25. The van der Waals surface area contributed by atoms with Crippen LogP contribution in [-0.4, -0.2) is 52.9 Å². The van der Waals surface area contributed by atoms with Crippen LogP contribution in [0.3, 0.4) is 0 Å². The molecule has 2 aromatic carbocycles. The first-order chi connectivity index (χ1) is 13.1. The number of amides is 2. The van der Waals surface area contributed by atoms with Crippen LogP contribution in [0.15, 0.2) is 48.5 Å². The monoisotopic (exact) mass is 384 g/mol. The molecular formula is C21H21ClN2O3. The molecule has 2 atom stereocenters. The van der Waals surface area contributed by atoms with Crippen LogP contribution < -0.4 is 0 Å². The van der Waals surface area contributed by atoms with Gasteiger partial charge in [0, 0.05) is 37.1 Å². The minimum Gasteiger partial charge on any atom is -0.507 e. The Labute approximate surface area is 163 Å². The Kier molecular flexibility index (Phi) is 4.79. The molecule has 140 valence electrons. The summed E-state index contributed by atoms with van der Waals surface area (Å²) in [6.45, 7) is 1.98. The maximum atomic E-state index is 12.8. The number of carbonyl (C=O) groups is 2. The summed E-state index contributed by atoms with van der Waals surface area (Å²) in [6, 6.07) is 14.2. The third-order valence-corrected chi connectivity index (χ3v) is 5.77. The van der Waals surface area contributed by atoms with Gasteiger partial charge in [-0.2, -0.15) is 0 Å².